The minimum atomic E-state index is -3.75. The molecule has 7 nitrogen and oxygen atoms in total. The van der Waals surface area contributed by atoms with Gasteiger partial charge in [0, 0.05) is 10.9 Å². The van der Waals surface area contributed by atoms with Crippen LogP contribution in [0.2, 0.25) is 0 Å². The molecule has 3 N–H and O–H groups in total. The summed E-state index contributed by atoms with van der Waals surface area (Å²) >= 11 is 2.92. The summed E-state index contributed by atoms with van der Waals surface area (Å²) in [5.74, 6) is 0.0384. The molecule has 170 valence electrons. The molecule has 2 aromatic heterocycles. The van der Waals surface area contributed by atoms with Gasteiger partial charge in [-0.2, -0.15) is 0 Å². The lowest BCUT2D eigenvalue weighted by Crippen LogP contribution is -2.28. The minimum absolute atomic E-state index is 0.0354. The summed E-state index contributed by atoms with van der Waals surface area (Å²) in [5, 5.41) is 11.9. The van der Waals surface area contributed by atoms with Crippen LogP contribution >= 0.6 is 23.1 Å². The normalized spacial score (nSPS) is 12.6. The molecule has 10 heteroatoms. The molecule has 1 unspecified atom stereocenters. The molecule has 0 bridgehead atoms. The fourth-order valence-electron chi connectivity index (χ4n) is 3.35. The van der Waals surface area contributed by atoms with Gasteiger partial charge in [0.15, 0.2) is 0 Å². The topological polar surface area (TPSA) is 115 Å². The predicted octanol–water partition coefficient (Wildman–Crippen LogP) is 4.28. The van der Waals surface area contributed by atoms with E-state index in [2.05, 4.69) is 44.9 Å². The maximum absolute atomic E-state index is 12.6. The fraction of sp³-hybridized carbons (Fsp3) is 0.174. The molecule has 0 aliphatic heterocycles. The summed E-state index contributed by atoms with van der Waals surface area (Å²) in [6, 6.07) is 14.2. The summed E-state index contributed by atoms with van der Waals surface area (Å²) in [5.41, 5.74) is 4.12. The van der Waals surface area contributed by atoms with E-state index in [-0.39, 0.29) is 22.6 Å². The summed E-state index contributed by atoms with van der Waals surface area (Å²) in [7, 11) is -3.75. The largest absolute Gasteiger partial charge is 0.349 e. The highest BCUT2D eigenvalue weighted by Gasteiger charge is 2.16. The van der Waals surface area contributed by atoms with E-state index in [4.69, 9.17) is 5.14 Å². The van der Waals surface area contributed by atoms with Crippen molar-refractivity contribution in [1.82, 2.24) is 15.3 Å². The van der Waals surface area contributed by atoms with Gasteiger partial charge >= 0.3 is 0 Å². The van der Waals surface area contributed by atoms with Crippen LogP contribution in [0.5, 0.6) is 0 Å². The molecule has 0 spiro atoms. The highest BCUT2D eigenvalue weighted by atomic mass is 32.2. The maximum Gasteiger partial charge on any atom is 0.238 e. The van der Waals surface area contributed by atoms with Crippen LogP contribution in [-0.4, -0.2) is 30.0 Å². The van der Waals surface area contributed by atoms with E-state index < -0.39 is 10.0 Å². The number of amides is 1. The van der Waals surface area contributed by atoms with Gasteiger partial charge in [-0.1, -0.05) is 53.7 Å². The highest BCUT2D eigenvalue weighted by Crippen LogP contribution is 2.37. The van der Waals surface area contributed by atoms with Gasteiger partial charge in [0.05, 0.1) is 22.1 Å². The van der Waals surface area contributed by atoms with Crippen molar-refractivity contribution in [2.75, 3.05) is 5.75 Å². The smallest absolute Gasteiger partial charge is 0.238 e. The first-order chi connectivity index (χ1) is 15.7. The molecular formula is C23H22N4O3S3. The molecule has 2 aromatic carbocycles. The van der Waals surface area contributed by atoms with Crippen LogP contribution < -0.4 is 10.5 Å². The van der Waals surface area contributed by atoms with Crippen LogP contribution in [0.1, 0.15) is 24.1 Å². The molecule has 0 fully saturated rings. The quantitative estimate of drug-likeness (QED) is 0.290. The number of nitrogens with one attached hydrogen (secondary N) is 1. The molecule has 4 rings (SSSR count). The minimum Gasteiger partial charge on any atom is -0.349 e. The van der Waals surface area contributed by atoms with Gasteiger partial charge in [-0.15, -0.1) is 11.3 Å². The van der Waals surface area contributed by atoms with Crippen molar-refractivity contribution in [3.05, 3.63) is 71.4 Å². The van der Waals surface area contributed by atoms with Crippen molar-refractivity contribution in [3.8, 4) is 11.1 Å². The third kappa shape index (κ3) is 5.41. The van der Waals surface area contributed by atoms with E-state index in [0.29, 0.717) is 0 Å². The summed E-state index contributed by atoms with van der Waals surface area (Å²) in [6.07, 6.45) is 1.52. The van der Waals surface area contributed by atoms with Crippen LogP contribution in [0.25, 0.3) is 21.3 Å². The Balaban J connectivity index is 1.46. The van der Waals surface area contributed by atoms with Gasteiger partial charge < -0.3 is 5.32 Å². The SMILES string of the molecule is Cc1ccc(-c2csc3ncnc(SCC(=O)NC(C)c4ccc(S(N)(=O)=O)cc4)c23)cc1. The Morgan fingerprint density at radius 2 is 1.82 bits per heavy atom. The molecule has 33 heavy (non-hydrogen) atoms. The van der Waals surface area contributed by atoms with Gasteiger partial charge in [-0.05, 0) is 37.1 Å². The zero-order chi connectivity index (χ0) is 23.6. The second-order valence-corrected chi connectivity index (χ2v) is 10.9. The van der Waals surface area contributed by atoms with Crippen LogP contribution in [0.3, 0.4) is 0 Å². The number of primary sulfonamides is 1. The van der Waals surface area contributed by atoms with Crippen molar-refractivity contribution >= 4 is 49.2 Å². The molecule has 1 atom stereocenters. The Morgan fingerprint density at radius 1 is 1.12 bits per heavy atom. The number of thioether (sulfide) groups is 1. The number of aryl methyl sites for hydroxylation is 1. The van der Waals surface area contributed by atoms with Crippen molar-refractivity contribution in [2.45, 2.75) is 29.8 Å². The average molecular weight is 499 g/mol. The Morgan fingerprint density at radius 3 is 2.48 bits per heavy atom. The number of sulfonamides is 1. The average Bonchev–Trinajstić information content (AvgIpc) is 3.22. The fourth-order valence-corrected chi connectivity index (χ4v) is 5.67. The van der Waals surface area contributed by atoms with Gasteiger partial charge in [0.25, 0.3) is 0 Å². The molecule has 0 aliphatic carbocycles. The van der Waals surface area contributed by atoms with E-state index in [1.165, 1.54) is 35.8 Å². The van der Waals surface area contributed by atoms with Crippen molar-refractivity contribution < 1.29 is 13.2 Å². The zero-order valence-electron chi connectivity index (χ0n) is 18.0. The van der Waals surface area contributed by atoms with Crippen molar-refractivity contribution in [3.63, 3.8) is 0 Å². The van der Waals surface area contributed by atoms with Gasteiger partial charge in [0.2, 0.25) is 15.9 Å². The van der Waals surface area contributed by atoms with Crippen LogP contribution in [0.15, 0.2) is 70.2 Å². The van der Waals surface area contributed by atoms with Gasteiger partial charge in [0.1, 0.15) is 16.2 Å². The van der Waals surface area contributed by atoms with Crippen LogP contribution in [0, 0.1) is 6.92 Å². The Labute approximate surface area is 200 Å². The second kappa shape index (κ2) is 9.60. The highest BCUT2D eigenvalue weighted by molar-refractivity contribution is 8.00. The summed E-state index contributed by atoms with van der Waals surface area (Å²) < 4.78 is 22.8. The van der Waals surface area contributed by atoms with Gasteiger partial charge in [-0.3, -0.25) is 4.79 Å². The van der Waals surface area contributed by atoms with E-state index in [9.17, 15) is 13.2 Å². The first-order valence-electron chi connectivity index (χ1n) is 10.1. The number of nitrogens with zero attached hydrogens (tertiary/aromatic N) is 2. The zero-order valence-corrected chi connectivity index (χ0v) is 20.4. The molecule has 2 heterocycles. The first kappa shape index (κ1) is 23.4. The molecule has 1 amide bonds. The number of rotatable bonds is 7. The van der Waals surface area contributed by atoms with Crippen LogP contribution in [-0.2, 0) is 14.8 Å². The number of benzene rings is 2. The Kier molecular flexibility index (Phi) is 6.80. The number of nitrogens with two attached hydrogens (primary N) is 1. The maximum atomic E-state index is 12.6. The molecule has 4 aromatic rings. The number of carbonyl (C=O) groups is 1. The third-order valence-electron chi connectivity index (χ3n) is 5.12. The number of thiophene rings is 1. The number of aromatic nitrogens is 2. The lowest BCUT2D eigenvalue weighted by molar-refractivity contribution is -0.119. The number of carbonyl (C=O) groups excluding carboxylic acids is 1. The second-order valence-electron chi connectivity index (χ2n) is 7.57. The number of fused-ring (bicyclic) bond motifs is 1. The number of hydrogen-bond donors (Lipinski definition) is 2. The standard InChI is InChI=1S/C23H22N4O3S3/c1-14-3-5-17(6-4-14)19-11-31-22-21(19)23(26-13-25-22)32-12-20(28)27-15(2)16-7-9-18(10-8-16)33(24,29)30/h3-11,13,15H,12H2,1-2H3,(H,27,28)(H2,24,29,30). The summed E-state index contributed by atoms with van der Waals surface area (Å²) in [6.45, 7) is 3.89. The molecule has 0 aliphatic rings. The van der Waals surface area contributed by atoms with Gasteiger partial charge in [-0.25, -0.2) is 23.5 Å². The first-order valence-corrected chi connectivity index (χ1v) is 13.5. The van der Waals surface area contributed by atoms with E-state index in [1.807, 2.05) is 13.8 Å². The molecule has 0 saturated carbocycles. The lowest BCUT2D eigenvalue weighted by Gasteiger charge is -2.14. The number of hydrogen-bond acceptors (Lipinski definition) is 7. The Bertz CT molecular complexity index is 1400. The van der Waals surface area contributed by atoms with E-state index in [0.717, 1.165) is 31.9 Å². The lowest BCUT2D eigenvalue weighted by atomic mass is 10.1. The molecular weight excluding hydrogens is 476 g/mol. The van der Waals surface area contributed by atoms with Crippen LogP contribution in [0.4, 0.5) is 0 Å². The summed E-state index contributed by atoms with van der Waals surface area (Å²) in [4.78, 5) is 22.3. The Hall–Kier alpha value is -2.79. The van der Waals surface area contributed by atoms with Crippen molar-refractivity contribution in [1.29, 1.82) is 0 Å². The molecule has 0 saturated heterocycles. The molecule has 0 radical (unpaired) electrons. The monoisotopic (exact) mass is 498 g/mol. The van der Waals surface area contributed by atoms with E-state index >= 15 is 0 Å². The third-order valence-corrected chi connectivity index (χ3v) is 7.93. The van der Waals surface area contributed by atoms with Crippen molar-refractivity contribution in [2.24, 2.45) is 5.14 Å². The predicted molar refractivity (Wildman–Crippen MR) is 133 cm³/mol. The van der Waals surface area contributed by atoms with E-state index in [1.54, 1.807) is 23.5 Å².